The van der Waals surface area contributed by atoms with Crippen molar-refractivity contribution in [1.29, 1.82) is 0 Å². The Bertz CT molecular complexity index is 2410. The van der Waals surface area contributed by atoms with Crippen LogP contribution in [-0.4, -0.2) is 48.0 Å². The van der Waals surface area contributed by atoms with E-state index in [1.54, 1.807) is 44.2 Å². The van der Waals surface area contributed by atoms with Crippen LogP contribution in [0, 0.1) is 19.7 Å². The number of methoxy groups -OCH3 is 1. The number of aromatic nitrogens is 2. The van der Waals surface area contributed by atoms with E-state index in [1.807, 2.05) is 57.2 Å². The van der Waals surface area contributed by atoms with E-state index in [1.165, 1.54) is 35.1 Å². The zero-order valence-corrected chi connectivity index (χ0v) is 31.6. The lowest BCUT2D eigenvalue weighted by Gasteiger charge is -2.25. The van der Waals surface area contributed by atoms with Crippen molar-refractivity contribution in [2.75, 3.05) is 26.9 Å². The van der Waals surface area contributed by atoms with Crippen molar-refractivity contribution in [3.05, 3.63) is 138 Å². The second-order valence-electron chi connectivity index (χ2n) is 12.4. The Morgan fingerprint density at radius 2 is 1.65 bits per heavy atom. The van der Waals surface area contributed by atoms with Crippen molar-refractivity contribution in [2.45, 2.75) is 47.3 Å². The van der Waals surface area contributed by atoms with E-state index in [0.29, 0.717) is 51.1 Å². The first-order valence-corrected chi connectivity index (χ1v) is 18.2. The SMILES string of the molecule is CCOC(=O)C1=C(C)N=c2s/c(=C/c3cc(C)n(-c4ccc(OCc5ccc(F)cc5)cc4)c3C)c(=O)n2[C@@H]1c1ccc(OCC(=O)OC)c(OCC)c1. The Kier molecular flexibility index (Phi) is 11.5. The molecule has 0 bridgehead atoms. The van der Waals surface area contributed by atoms with E-state index in [0.717, 1.165) is 28.2 Å². The number of hydrogen-bond acceptors (Lipinski definition) is 10. The number of nitrogens with zero attached hydrogens (tertiary/aromatic N) is 3. The fourth-order valence-electron chi connectivity index (χ4n) is 6.30. The number of carbonyl (C=O) groups excluding carboxylic acids is 2. The van der Waals surface area contributed by atoms with Gasteiger partial charge in [-0.1, -0.05) is 29.5 Å². The lowest BCUT2D eigenvalue weighted by molar-refractivity contribution is -0.143. The van der Waals surface area contributed by atoms with Crippen LogP contribution in [0.1, 0.15) is 54.9 Å². The van der Waals surface area contributed by atoms with Crippen LogP contribution in [0.25, 0.3) is 11.8 Å². The Morgan fingerprint density at radius 3 is 2.33 bits per heavy atom. The van der Waals surface area contributed by atoms with Crippen LogP contribution >= 0.6 is 11.3 Å². The van der Waals surface area contributed by atoms with Crippen LogP contribution in [0.4, 0.5) is 4.39 Å². The molecule has 11 nitrogen and oxygen atoms in total. The molecule has 0 fully saturated rings. The number of allylic oxidation sites excluding steroid dienone is 1. The number of fused-ring (bicyclic) bond motifs is 1. The number of benzene rings is 3. The summed E-state index contributed by atoms with van der Waals surface area (Å²) in [4.78, 5) is 44.7. The lowest BCUT2D eigenvalue weighted by Crippen LogP contribution is -2.40. The Labute approximate surface area is 315 Å². The third-order valence-corrected chi connectivity index (χ3v) is 9.83. The van der Waals surface area contributed by atoms with Crippen LogP contribution in [-0.2, 0) is 25.7 Å². The van der Waals surface area contributed by atoms with Gasteiger partial charge in [-0.15, -0.1) is 0 Å². The third-order valence-electron chi connectivity index (χ3n) is 8.84. The van der Waals surface area contributed by atoms with Crippen molar-refractivity contribution >= 4 is 29.4 Å². The summed E-state index contributed by atoms with van der Waals surface area (Å²) in [5, 5.41) is 0. The van der Waals surface area contributed by atoms with Gasteiger partial charge in [-0.2, -0.15) is 0 Å². The summed E-state index contributed by atoms with van der Waals surface area (Å²) < 4.78 is 44.9. The Balaban J connectivity index is 1.36. The first-order chi connectivity index (χ1) is 26.0. The number of halogens is 1. The molecule has 1 aliphatic rings. The van der Waals surface area contributed by atoms with Crippen molar-refractivity contribution in [3.63, 3.8) is 0 Å². The van der Waals surface area contributed by atoms with Gasteiger partial charge >= 0.3 is 11.9 Å². The molecule has 0 saturated heterocycles. The molecule has 3 heterocycles. The number of carbonyl (C=O) groups is 2. The predicted octanol–water partition coefficient (Wildman–Crippen LogP) is 5.87. The summed E-state index contributed by atoms with van der Waals surface area (Å²) in [7, 11) is 1.27. The van der Waals surface area contributed by atoms with E-state index < -0.39 is 18.0 Å². The Morgan fingerprint density at radius 1 is 0.907 bits per heavy atom. The highest BCUT2D eigenvalue weighted by atomic mass is 32.1. The van der Waals surface area contributed by atoms with E-state index >= 15 is 0 Å². The normalized spacial score (nSPS) is 14.0. The minimum atomic E-state index is -0.882. The summed E-state index contributed by atoms with van der Waals surface area (Å²) in [6, 6.07) is 20.1. The summed E-state index contributed by atoms with van der Waals surface area (Å²) >= 11 is 1.23. The minimum Gasteiger partial charge on any atom is -0.490 e. The summed E-state index contributed by atoms with van der Waals surface area (Å²) in [6.45, 7) is 9.66. The van der Waals surface area contributed by atoms with Crippen molar-refractivity contribution in [3.8, 4) is 22.9 Å². The molecule has 0 amide bonds. The highest BCUT2D eigenvalue weighted by molar-refractivity contribution is 7.07. The van der Waals surface area contributed by atoms with Gasteiger partial charge in [-0.05, 0) is 112 Å². The van der Waals surface area contributed by atoms with Crippen LogP contribution < -0.4 is 29.1 Å². The molecule has 0 saturated carbocycles. The maximum atomic E-state index is 14.4. The number of thiazole rings is 1. The maximum absolute atomic E-state index is 14.4. The third kappa shape index (κ3) is 7.86. The molecule has 2 aromatic heterocycles. The molecular formula is C41H40FN3O8S. The molecule has 0 aliphatic carbocycles. The molecule has 0 unspecified atom stereocenters. The first-order valence-electron chi connectivity index (χ1n) is 17.4. The Hall–Kier alpha value is -5.95. The van der Waals surface area contributed by atoms with E-state index in [-0.39, 0.29) is 30.2 Å². The van der Waals surface area contributed by atoms with Gasteiger partial charge in [0, 0.05) is 17.1 Å². The van der Waals surface area contributed by atoms with Gasteiger partial charge in [-0.25, -0.2) is 19.0 Å². The highest BCUT2D eigenvalue weighted by Gasteiger charge is 2.34. The van der Waals surface area contributed by atoms with Crippen LogP contribution in [0.2, 0.25) is 0 Å². The number of hydrogen-bond donors (Lipinski definition) is 0. The molecule has 280 valence electrons. The van der Waals surface area contributed by atoms with Crippen molar-refractivity contribution in [2.24, 2.45) is 4.99 Å². The maximum Gasteiger partial charge on any atom is 0.343 e. The van der Waals surface area contributed by atoms with Gasteiger partial charge in [0.25, 0.3) is 5.56 Å². The van der Waals surface area contributed by atoms with E-state index in [2.05, 4.69) is 4.57 Å². The molecular weight excluding hydrogens is 714 g/mol. The van der Waals surface area contributed by atoms with Crippen molar-refractivity contribution < 1.29 is 37.7 Å². The smallest absolute Gasteiger partial charge is 0.343 e. The topological polar surface area (TPSA) is 120 Å². The molecule has 1 atom stereocenters. The molecule has 0 spiro atoms. The molecule has 0 radical (unpaired) electrons. The van der Waals surface area contributed by atoms with Crippen LogP contribution in [0.5, 0.6) is 17.2 Å². The second-order valence-corrected chi connectivity index (χ2v) is 13.4. The molecule has 0 N–H and O–H groups in total. The molecule has 5 aromatic rings. The van der Waals surface area contributed by atoms with Gasteiger partial charge in [0.1, 0.15) is 18.2 Å². The average Bonchev–Trinajstić information content (AvgIpc) is 3.62. The molecule has 6 rings (SSSR count). The zero-order valence-electron chi connectivity index (χ0n) is 30.8. The number of ether oxygens (including phenoxy) is 5. The quantitative estimate of drug-likeness (QED) is 0.137. The predicted molar refractivity (Wildman–Crippen MR) is 201 cm³/mol. The van der Waals surface area contributed by atoms with Gasteiger partial charge in [0.15, 0.2) is 22.9 Å². The number of aryl methyl sites for hydroxylation is 1. The van der Waals surface area contributed by atoms with Crippen LogP contribution in [0.15, 0.2) is 93.9 Å². The fraction of sp³-hybridized carbons (Fsp3) is 0.268. The molecule has 54 heavy (non-hydrogen) atoms. The molecule has 1 aliphatic heterocycles. The summed E-state index contributed by atoms with van der Waals surface area (Å²) in [5.41, 5.74) is 5.40. The molecule has 3 aromatic carbocycles. The van der Waals surface area contributed by atoms with E-state index in [9.17, 15) is 18.8 Å². The van der Waals surface area contributed by atoms with E-state index in [4.69, 9.17) is 28.7 Å². The van der Waals surface area contributed by atoms with Gasteiger partial charge < -0.3 is 28.3 Å². The van der Waals surface area contributed by atoms with Crippen LogP contribution in [0.3, 0.4) is 0 Å². The van der Waals surface area contributed by atoms with Gasteiger partial charge in [0.2, 0.25) is 0 Å². The minimum absolute atomic E-state index is 0.138. The average molecular weight is 754 g/mol. The summed E-state index contributed by atoms with van der Waals surface area (Å²) in [6.07, 6.45) is 1.85. The summed E-state index contributed by atoms with van der Waals surface area (Å²) in [5.74, 6) is -0.120. The van der Waals surface area contributed by atoms with Gasteiger partial charge in [-0.3, -0.25) is 9.36 Å². The molecule has 13 heteroatoms. The number of esters is 2. The first kappa shape index (κ1) is 37.8. The standard InChI is InChI=1S/C41H40FN3O8S/c1-7-50-34-20-28(11-18-33(34)53-23-36(46)49-6)38-37(40(48)51-8-2)25(4)43-41-45(38)39(47)35(54-41)21-29-19-24(3)44(26(29)5)31-14-16-32(17-15-31)52-22-27-9-12-30(42)13-10-27/h9-21,38H,7-8,22-23H2,1-6H3/b35-21+/t38-/m1/s1. The number of rotatable bonds is 13. The largest absolute Gasteiger partial charge is 0.490 e. The highest BCUT2D eigenvalue weighted by Crippen LogP contribution is 2.36. The van der Waals surface area contributed by atoms with Gasteiger partial charge in [0.05, 0.1) is 42.2 Å². The van der Waals surface area contributed by atoms with Crippen molar-refractivity contribution in [1.82, 2.24) is 9.13 Å². The zero-order chi connectivity index (χ0) is 38.5. The second kappa shape index (κ2) is 16.4. The fourth-order valence-corrected chi connectivity index (χ4v) is 7.33. The lowest BCUT2D eigenvalue weighted by atomic mass is 9.95. The monoisotopic (exact) mass is 753 g/mol.